The Morgan fingerprint density at radius 2 is 2.09 bits per heavy atom. The topological polar surface area (TPSA) is 56.4 Å². The number of likely N-dealkylation sites (tertiary alicyclic amines) is 1. The third-order valence-corrected chi connectivity index (χ3v) is 5.16. The third-order valence-electron chi connectivity index (χ3n) is 5.16. The van der Waals surface area contributed by atoms with Crippen molar-refractivity contribution < 1.29 is 4.79 Å². The van der Waals surface area contributed by atoms with Gasteiger partial charge in [-0.05, 0) is 24.8 Å². The quantitative estimate of drug-likeness (QED) is 0.779. The molecule has 3 N–H and O–H groups in total. The summed E-state index contributed by atoms with van der Waals surface area (Å²) in [5, 5.41) is 3.28. The highest BCUT2D eigenvalue weighted by molar-refractivity contribution is 5.80. The Labute approximate surface area is 138 Å². The minimum atomic E-state index is 0.0320. The molecule has 5 heteroatoms. The van der Waals surface area contributed by atoms with Gasteiger partial charge in [-0.25, -0.2) is 0 Å². The lowest BCUT2D eigenvalue weighted by Crippen LogP contribution is -2.52. The van der Waals surface area contributed by atoms with Gasteiger partial charge in [0.15, 0.2) is 0 Å². The number of benzene rings is 1. The van der Waals surface area contributed by atoms with Crippen molar-refractivity contribution in [2.45, 2.75) is 38.9 Å². The van der Waals surface area contributed by atoms with Crippen LogP contribution in [0.2, 0.25) is 0 Å². The van der Waals surface area contributed by atoms with E-state index < -0.39 is 0 Å². The Hall–Kier alpha value is -1.43. The molecule has 126 valence electrons. The van der Waals surface area contributed by atoms with Crippen LogP contribution in [-0.4, -0.2) is 42.5 Å². The summed E-state index contributed by atoms with van der Waals surface area (Å²) < 4.78 is 0. The van der Waals surface area contributed by atoms with Crippen molar-refractivity contribution in [3.05, 3.63) is 35.9 Å². The summed E-state index contributed by atoms with van der Waals surface area (Å²) in [6.07, 6.45) is 1.03. The van der Waals surface area contributed by atoms with E-state index in [2.05, 4.69) is 65.2 Å². The average molecular weight is 316 g/mol. The van der Waals surface area contributed by atoms with Crippen molar-refractivity contribution in [2.75, 3.05) is 19.6 Å². The highest BCUT2D eigenvalue weighted by atomic mass is 16.2. The molecular weight excluding hydrogens is 288 g/mol. The summed E-state index contributed by atoms with van der Waals surface area (Å²) in [5.74, 6) is 0.696. The van der Waals surface area contributed by atoms with Crippen LogP contribution in [0.4, 0.5) is 0 Å². The summed E-state index contributed by atoms with van der Waals surface area (Å²) in [7, 11) is 0. The number of carbonyl (C=O) groups excluding carboxylic acids is 1. The largest absolute Gasteiger partial charge is 0.353 e. The summed E-state index contributed by atoms with van der Waals surface area (Å²) in [4.78, 5) is 14.9. The second-order valence-electron chi connectivity index (χ2n) is 7.02. The van der Waals surface area contributed by atoms with Gasteiger partial charge in [-0.1, -0.05) is 37.3 Å². The number of amides is 1. The first kappa shape index (κ1) is 16.4. The van der Waals surface area contributed by atoms with Crippen LogP contribution >= 0.6 is 0 Å². The summed E-state index contributed by atoms with van der Waals surface area (Å²) in [6, 6.07) is 11.1. The first-order valence-electron chi connectivity index (χ1n) is 8.68. The molecule has 0 aromatic heterocycles. The standard InChI is InChI=1S/C18H28N4O/c1-13-11-22(12-15-6-4-3-5-7-15)9-8-17(13)20-18(23)16-10-19-21-14(16)2/h3-7,13-14,16-17,19,21H,8-12H2,1-2H3,(H,20,23). The lowest BCUT2D eigenvalue weighted by atomic mass is 9.92. The van der Waals surface area contributed by atoms with Crippen molar-refractivity contribution in [2.24, 2.45) is 11.8 Å². The molecule has 0 radical (unpaired) electrons. The van der Waals surface area contributed by atoms with Crippen LogP contribution in [0.25, 0.3) is 0 Å². The van der Waals surface area contributed by atoms with Gasteiger partial charge < -0.3 is 5.32 Å². The number of nitrogens with zero attached hydrogens (tertiary/aromatic N) is 1. The maximum atomic E-state index is 12.4. The van der Waals surface area contributed by atoms with E-state index >= 15 is 0 Å². The molecule has 0 bridgehead atoms. The maximum Gasteiger partial charge on any atom is 0.226 e. The van der Waals surface area contributed by atoms with E-state index in [0.717, 1.165) is 26.1 Å². The fourth-order valence-corrected chi connectivity index (χ4v) is 3.65. The molecule has 23 heavy (non-hydrogen) atoms. The number of rotatable bonds is 4. The zero-order chi connectivity index (χ0) is 16.2. The molecule has 1 amide bonds. The predicted molar refractivity (Wildman–Crippen MR) is 91.5 cm³/mol. The Morgan fingerprint density at radius 1 is 1.30 bits per heavy atom. The molecule has 5 nitrogen and oxygen atoms in total. The molecule has 0 saturated carbocycles. The molecule has 2 aliphatic rings. The van der Waals surface area contributed by atoms with Gasteiger partial charge in [0.25, 0.3) is 0 Å². The Balaban J connectivity index is 1.49. The monoisotopic (exact) mass is 316 g/mol. The molecule has 0 spiro atoms. The van der Waals surface area contributed by atoms with E-state index in [1.165, 1.54) is 5.56 Å². The Kier molecular flexibility index (Phi) is 5.30. The van der Waals surface area contributed by atoms with Gasteiger partial charge in [-0.2, -0.15) is 0 Å². The third kappa shape index (κ3) is 4.10. The molecule has 4 atom stereocenters. The summed E-state index contributed by atoms with van der Waals surface area (Å²) in [6.45, 7) is 8.10. The smallest absolute Gasteiger partial charge is 0.226 e. The predicted octanol–water partition coefficient (Wildman–Crippen LogP) is 1.13. The van der Waals surface area contributed by atoms with Crippen LogP contribution < -0.4 is 16.2 Å². The first-order valence-corrected chi connectivity index (χ1v) is 8.68. The van der Waals surface area contributed by atoms with E-state index in [-0.39, 0.29) is 17.9 Å². The molecule has 3 rings (SSSR count). The van der Waals surface area contributed by atoms with Gasteiger partial charge in [0.2, 0.25) is 5.91 Å². The second-order valence-corrected chi connectivity index (χ2v) is 7.02. The van der Waals surface area contributed by atoms with Crippen molar-refractivity contribution in [1.82, 2.24) is 21.1 Å². The highest BCUT2D eigenvalue weighted by Gasteiger charge is 2.33. The van der Waals surface area contributed by atoms with E-state index in [9.17, 15) is 4.79 Å². The fourth-order valence-electron chi connectivity index (χ4n) is 3.65. The minimum Gasteiger partial charge on any atom is -0.353 e. The molecule has 1 aromatic rings. The summed E-state index contributed by atoms with van der Waals surface area (Å²) >= 11 is 0. The number of carbonyl (C=O) groups is 1. The Bertz CT molecular complexity index is 521. The zero-order valence-electron chi connectivity index (χ0n) is 14.1. The van der Waals surface area contributed by atoms with Crippen molar-refractivity contribution >= 4 is 5.91 Å². The van der Waals surface area contributed by atoms with E-state index in [0.29, 0.717) is 18.5 Å². The van der Waals surface area contributed by atoms with Crippen molar-refractivity contribution in [1.29, 1.82) is 0 Å². The number of hydrazine groups is 1. The lowest BCUT2D eigenvalue weighted by molar-refractivity contribution is -0.126. The van der Waals surface area contributed by atoms with Crippen molar-refractivity contribution in [3.63, 3.8) is 0 Å². The molecule has 2 aliphatic heterocycles. The molecule has 2 saturated heterocycles. The second kappa shape index (κ2) is 7.43. The number of hydrogen-bond acceptors (Lipinski definition) is 4. The normalized spacial score (nSPS) is 31.9. The molecule has 2 heterocycles. The van der Waals surface area contributed by atoms with Crippen LogP contribution in [0.5, 0.6) is 0 Å². The van der Waals surface area contributed by atoms with Crippen molar-refractivity contribution in [3.8, 4) is 0 Å². The SMILES string of the molecule is CC1CN(Cc2ccccc2)CCC1NC(=O)C1CNNC1C. The zero-order valence-corrected chi connectivity index (χ0v) is 14.1. The number of hydrogen-bond donors (Lipinski definition) is 3. The molecule has 4 unspecified atom stereocenters. The van der Waals surface area contributed by atoms with E-state index in [1.807, 2.05) is 0 Å². The van der Waals surface area contributed by atoms with Gasteiger partial charge >= 0.3 is 0 Å². The molecule has 2 fully saturated rings. The Morgan fingerprint density at radius 3 is 2.74 bits per heavy atom. The van der Waals surface area contributed by atoms with Crippen LogP contribution in [0.1, 0.15) is 25.8 Å². The minimum absolute atomic E-state index is 0.0320. The highest BCUT2D eigenvalue weighted by Crippen LogP contribution is 2.20. The number of nitrogens with one attached hydrogen (secondary N) is 3. The molecule has 0 aliphatic carbocycles. The lowest BCUT2D eigenvalue weighted by Gasteiger charge is -2.37. The maximum absolute atomic E-state index is 12.4. The van der Waals surface area contributed by atoms with Crippen LogP contribution in [0.3, 0.4) is 0 Å². The van der Waals surface area contributed by atoms with Gasteiger partial charge in [0.05, 0.1) is 5.92 Å². The van der Waals surface area contributed by atoms with Gasteiger partial charge in [-0.3, -0.25) is 20.5 Å². The van der Waals surface area contributed by atoms with Crippen LogP contribution in [0, 0.1) is 11.8 Å². The van der Waals surface area contributed by atoms with E-state index in [4.69, 9.17) is 0 Å². The van der Waals surface area contributed by atoms with Crippen LogP contribution in [-0.2, 0) is 11.3 Å². The number of piperidine rings is 1. The molecule has 1 aromatic carbocycles. The van der Waals surface area contributed by atoms with Gasteiger partial charge in [-0.15, -0.1) is 0 Å². The first-order chi connectivity index (χ1) is 11.1. The van der Waals surface area contributed by atoms with E-state index in [1.54, 1.807) is 0 Å². The fraction of sp³-hybridized carbons (Fsp3) is 0.611. The molecular formula is C18H28N4O. The summed E-state index contributed by atoms with van der Waals surface area (Å²) in [5.41, 5.74) is 7.54. The average Bonchev–Trinajstić information content (AvgIpc) is 2.97. The van der Waals surface area contributed by atoms with Crippen LogP contribution in [0.15, 0.2) is 30.3 Å². The van der Waals surface area contributed by atoms with Gasteiger partial charge in [0, 0.05) is 38.3 Å². The van der Waals surface area contributed by atoms with Gasteiger partial charge in [0.1, 0.15) is 0 Å².